The van der Waals surface area contributed by atoms with Crippen molar-refractivity contribution in [3.8, 4) is 5.75 Å². The van der Waals surface area contributed by atoms with Crippen LogP contribution in [0, 0.1) is 13.8 Å². The molecule has 0 bridgehead atoms. The Kier molecular flexibility index (Phi) is 6.66. The highest BCUT2D eigenvalue weighted by atomic mass is 35.5. The van der Waals surface area contributed by atoms with Gasteiger partial charge in [-0.25, -0.2) is 0 Å². The minimum atomic E-state index is -4.16. The maximum atomic E-state index is 12.1. The van der Waals surface area contributed by atoms with Gasteiger partial charge in [0, 0.05) is 12.5 Å². The van der Waals surface area contributed by atoms with Crippen LogP contribution in [0.1, 0.15) is 35.6 Å². The highest BCUT2D eigenvalue weighted by Crippen LogP contribution is 2.30. The van der Waals surface area contributed by atoms with Crippen LogP contribution in [0.2, 0.25) is 0 Å². The van der Waals surface area contributed by atoms with Gasteiger partial charge in [-0.05, 0) is 37.0 Å². The van der Waals surface area contributed by atoms with E-state index in [1.165, 1.54) is 0 Å². The summed E-state index contributed by atoms with van der Waals surface area (Å²) in [5, 5.41) is 0. The predicted octanol–water partition coefficient (Wildman–Crippen LogP) is 4.08. The minimum Gasteiger partial charge on any atom is -0.496 e. The summed E-state index contributed by atoms with van der Waals surface area (Å²) in [5.41, 5.74) is 8.28. The van der Waals surface area contributed by atoms with E-state index in [0.717, 1.165) is 22.4 Å². The van der Waals surface area contributed by atoms with Crippen LogP contribution < -0.4 is 10.5 Å². The van der Waals surface area contributed by atoms with Crippen molar-refractivity contribution in [1.29, 1.82) is 0 Å². The van der Waals surface area contributed by atoms with Crippen LogP contribution >= 0.6 is 12.4 Å². The van der Waals surface area contributed by atoms with Crippen LogP contribution in [-0.2, 0) is 0 Å². The molecule has 1 aromatic rings. The average molecular weight is 298 g/mol. The lowest BCUT2D eigenvalue weighted by Crippen LogP contribution is -2.16. The summed E-state index contributed by atoms with van der Waals surface area (Å²) >= 11 is 0. The van der Waals surface area contributed by atoms with Gasteiger partial charge >= 0.3 is 6.18 Å². The molecule has 0 aliphatic heterocycles. The monoisotopic (exact) mass is 297 g/mol. The van der Waals surface area contributed by atoms with Crippen molar-refractivity contribution in [2.24, 2.45) is 5.73 Å². The second-order valence-corrected chi connectivity index (χ2v) is 4.45. The van der Waals surface area contributed by atoms with Gasteiger partial charge in [-0.15, -0.1) is 12.4 Å². The van der Waals surface area contributed by atoms with Gasteiger partial charge in [0.25, 0.3) is 0 Å². The van der Waals surface area contributed by atoms with Crippen LogP contribution in [-0.4, -0.2) is 13.3 Å². The molecule has 1 atom stereocenters. The maximum absolute atomic E-state index is 12.1. The summed E-state index contributed by atoms with van der Waals surface area (Å²) in [6.07, 6.45) is -5.12. The molecule has 0 radical (unpaired) electrons. The quantitative estimate of drug-likeness (QED) is 0.909. The third-order valence-corrected chi connectivity index (χ3v) is 2.85. The molecule has 6 heteroatoms. The van der Waals surface area contributed by atoms with Crippen LogP contribution in [0.3, 0.4) is 0 Å². The molecule has 0 aromatic heterocycles. The third-order valence-electron chi connectivity index (χ3n) is 2.85. The molecule has 0 unspecified atom stereocenters. The Balaban J connectivity index is 0.00000324. The lowest BCUT2D eigenvalue weighted by molar-refractivity contribution is -0.136. The number of benzene rings is 1. The average Bonchev–Trinajstić information content (AvgIpc) is 2.24. The molecular formula is C13H19ClF3NO. The summed E-state index contributed by atoms with van der Waals surface area (Å²) in [6.45, 7) is 3.71. The number of alkyl halides is 3. The first-order valence-electron chi connectivity index (χ1n) is 5.72. The van der Waals surface area contributed by atoms with E-state index in [1.807, 2.05) is 13.8 Å². The molecule has 0 aliphatic carbocycles. The van der Waals surface area contributed by atoms with E-state index in [4.69, 9.17) is 10.5 Å². The summed E-state index contributed by atoms with van der Waals surface area (Å²) in [6, 6.07) is 2.97. The van der Waals surface area contributed by atoms with E-state index in [-0.39, 0.29) is 18.8 Å². The van der Waals surface area contributed by atoms with Crippen molar-refractivity contribution in [3.05, 3.63) is 28.8 Å². The fourth-order valence-electron chi connectivity index (χ4n) is 2.01. The SMILES string of the molecule is COc1c(C)cc([C@@H](N)CCC(F)(F)F)cc1C.Cl. The second kappa shape index (κ2) is 7.01. The fraction of sp³-hybridized carbons (Fsp3) is 0.538. The molecule has 1 aromatic carbocycles. The number of hydrogen-bond acceptors (Lipinski definition) is 2. The van der Waals surface area contributed by atoms with Crippen LogP contribution in [0.15, 0.2) is 12.1 Å². The Morgan fingerprint density at radius 1 is 1.21 bits per heavy atom. The van der Waals surface area contributed by atoms with Gasteiger partial charge in [0.1, 0.15) is 5.75 Å². The summed E-state index contributed by atoms with van der Waals surface area (Å²) in [7, 11) is 1.57. The number of rotatable bonds is 4. The van der Waals surface area contributed by atoms with Crippen molar-refractivity contribution in [1.82, 2.24) is 0 Å². The molecule has 0 saturated heterocycles. The Bertz CT molecular complexity index is 398. The van der Waals surface area contributed by atoms with Crippen molar-refractivity contribution >= 4 is 12.4 Å². The van der Waals surface area contributed by atoms with Crippen molar-refractivity contribution in [3.63, 3.8) is 0 Å². The zero-order chi connectivity index (χ0) is 13.9. The Morgan fingerprint density at radius 3 is 2.05 bits per heavy atom. The molecule has 0 fully saturated rings. The Morgan fingerprint density at radius 2 is 1.68 bits per heavy atom. The van der Waals surface area contributed by atoms with Gasteiger partial charge in [0.05, 0.1) is 7.11 Å². The second-order valence-electron chi connectivity index (χ2n) is 4.45. The lowest BCUT2D eigenvalue weighted by Gasteiger charge is -2.17. The van der Waals surface area contributed by atoms with E-state index < -0.39 is 18.6 Å². The number of ether oxygens (including phenoxy) is 1. The molecule has 19 heavy (non-hydrogen) atoms. The topological polar surface area (TPSA) is 35.2 Å². The lowest BCUT2D eigenvalue weighted by atomic mass is 9.98. The molecule has 0 amide bonds. The first-order valence-corrected chi connectivity index (χ1v) is 5.72. The van der Waals surface area contributed by atoms with E-state index in [2.05, 4.69) is 0 Å². The molecule has 2 N–H and O–H groups in total. The molecule has 0 heterocycles. The summed E-state index contributed by atoms with van der Waals surface area (Å²) < 4.78 is 41.6. The highest BCUT2D eigenvalue weighted by Gasteiger charge is 2.28. The molecule has 0 aliphatic rings. The van der Waals surface area contributed by atoms with Gasteiger partial charge in [-0.2, -0.15) is 13.2 Å². The number of hydrogen-bond donors (Lipinski definition) is 1. The Labute approximate surface area is 117 Å². The highest BCUT2D eigenvalue weighted by molar-refractivity contribution is 5.85. The van der Waals surface area contributed by atoms with Crippen molar-refractivity contribution in [2.75, 3.05) is 7.11 Å². The van der Waals surface area contributed by atoms with Crippen LogP contribution in [0.4, 0.5) is 13.2 Å². The fourth-order valence-corrected chi connectivity index (χ4v) is 2.01. The van der Waals surface area contributed by atoms with Gasteiger partial charge in [0.15, 0.2) is 0 Å². The van der Waals surface area contributed by atoms with Gasteiger partial charge in [-0.3, -0.25) is 0 Å². The molecule has 2 nitrogen and oxygen atoms in total. The van der Waals surface area contributed by atoms with Crippen molar-refractivity contribution < 1.29 is 17.9 Å². The number of halogens is 4. The van der Waals surface area contributed by atoms with Crippen molar-refractivity contribution in [2.45, 2.75) is 38.9 Å². The molecular weight excluding hydrogens is 279 g/mol. The Hall–Kier alpha value is -0.940. The van der Waals surface area contributed by atoms with E-state index in [0.29, 0.717) is 0 Å². The summed E-state index contributed by atoms with van der Waals surface area (Å²) in [5.74, 6) is 0.752. The zero-order valence-electron chi connectivity index (χ0n) is 11.2. The van der Waals surface area contributed by atoms with E-state index in [9.17, 15) is 13.2 Å². The largest absolute Gasteiger partial charge is 0.496 e. The van der Waals surface area contributed by atoms with E-state index in [1.54, 1.807) is 19.2 Å². The normalized spacial score (nSPS) is 12.8. The predicted molar refractivity (Wildman–Crippen MR) is 71.9 cm³/mol. The molecule has 110 valence electrons. The number of aryl methyl sites for hydroxylation is 2. The molecule has 0 spiro atoms. The molecule has 0 saturated carbocycles. The van der Waals surface area contributed by atoms with Crippen LogP contribution in [0.5, 0.6) is 5.75 Å². The van der Waals surface area contributed by atoms with Gasteiger partial charge in [0.2, 0.25) is 0 Å². The maximum Gasteiger partial charge on any atom is 0.389 e. The van der Waals surface area contributed by atoms with Gasteiger partial charge in [-0.1, -0.05) is 12.1 Å². The number of nitrogens with two attached hydrogens (primary N) is 1. The van der Waals surface area contributed by atoms with E-state index >= 15 is 0 Å². The first kappa shape index (κ1) is 18.1. The minimum absolute atomic E-state index is 0. The zero-order valence-corrected chi connectivity index (χ0v) is 12.0. The molecule has 1 rings (SSSR count). The van der Waals surface area contributed by atoms with Crippen LogP contribution in [0.25, 0.3) is 0 Å². The number of methoxy groups -OCH3 is 1. The summed E-state index contributed by atoms with van der Waals surface area (Å²) in [4.78, 5) is 0. The van der Waals surface area contributed by atoms with Gasteiger partial charge < -0.3 is 10.5 Å². The standard InChI is InChI=1S/C13H18F3NO.ClH/c1-8-6-10(7-9(2)12(8)18-3)11(17)4-5-13(14,15)16;/h6-7,11H,4-5,17H2,1-3H3;1H/t11-;/m0./s1. The smallest absolute Gasteiger partial charge is 0.389 e. The first-order chi connectivity index (χ1) is 8.24. The third kappa shape index (κ3) is 5.28.